The normalized spacial score (nSPS) is 16.9. The number of carbonyl (C=O) groups is 1. The van der Waals surface area contributed by atoms with E-state index < -0.39 is 22.1 Å². The molecule has 9 heteroatoms. The van der Waals surface area contributed by atoms with E-state index in [4.69, 9.17) is 0 Å². The van der Waals surface area contributed by atoms with Gasteiger partial charge in [-0.2, -0.15) is 4.98 Å². The van der Waals surface area contributed by atoms with Gasteiger partial charge >= 0.3 is 0 Å². The number of aryl methyl sites for hydroxylation is 2. The van der Waals surface area contributed by atoms with Gasteiger partial charge in [-0.3, -0.25) is 4.79 Å². The van der Waals surface area contributed by atoms with Crippen molar-refractivity contribution in [3.05, 3.63) is 75.8 Å². The summed E-state index contributed by atoms with van der Waals surface area (Å²) in [5.41, 5.74) is 1.32. The molecule has 0 spiro atoms. The molecular formula is C25H24F3N4OS+. The lowest BCUT2D eigenvalue weighted by Gasteiger charge is -2.35. The van der Waals surface area contributed by atoms with Crippen molar-refractivity contribution >= 4 is 27.4 Å². The summed E-state index contributed by atoms with van der Waals surface area (Å²) in [6, 6.07) is 8.45. The largest absolute Gasteiger partial charge is 0.334 e. The summed E-state index contributed by atoms with van der Waals surface area (Å²) >= 11 is 0. The van der Waals surface area contributed by atoms with Gasteiger partial charge in [0, 0.05) is 67.7 Å². The summed E-state index contributed by atoms with van der Waals surface area (Å²) in [5, 5.41) is 2.69. The van der Waals surface area contributed by atoms with Crippen LogP contribution in [0.5, 0.6) is 0 Å². The number of aromatic nitrogens is 3. The van der Waals surface area contributed by atoms with Gasteiger partial charge in [-0.1, -0.05) is 0 Å². The van der Waals surface area contributed by atoms with Gasteiger partial charge in [0.1, 0.15) is 11.6 Å². The van der Waals surface area contributed by atoms with Gasteiger partial charge in [-0.25, -0.2) is 18.2 Å². The molecule has 3 heterocycles. The third kappa shape index (κ3) is 4.09. The van der Waals surface area contributed by atoms with Gasteiger partial charge in [0.05, 0.1) is 11.0 Å². The average Bonchev–Trinajstić information content (AvgIpc) is 3.35. The van der Waals surface area contributed by atoms with Gasteiger partial charge in [-0.05, 0) is 31.4 Å². The predicted octanol–water partition coefficient (Wildman–Crippen LogP) is 5.67. The zero-order valence-electron chi connectivity index (χ0n) is 18.9. The van der Waals surface area contributed by atoms with Crippen LogP contribution in [-0.2, 0) is 13.5 Å². The number of nitrogens with zero attached hydrogens (tertiary/aromatic N) is 4. The smallest absolute Gasteiger partial charge is 0.277 e. The summed E-state index contributed by atoms with van der Waals surface area (Å²) < 4.78 is 42.5. The second kappa shape index (κ2) is 8.87. The standard InChI is InChI=1S/C25H24F3N4OS/c1-15-29-22(14-34(15)18-8-6-16(26)7-9-18)25(33)32-10-4-3-5-17(32)11-24-30-21-12-19(27)20(28)13-23(21)31(24)2/h6-9,12-14,17H,3-5,10-11H2,1-2H3/q+1. The minimum atomic E-state index is -0.926. The number of imidazole rings is 1. The molecule has 0 radical (unpaired) electrons. The molecule has 1 fully saturated rings. The predicted molar refractivity (Wildman–Crippen MR) is 126 cm³/mol. The van der Waals surface area contributed by atoms with Gasteiger partial charge in [0.25, 0.3) is 5.91 Å². The molecule has 2 aromatic carbocycles. The third-order valence-corrected chi connectivity index (χ3v) is 8.40. The summed E-state index contributed by atoms with van der Waals surface area (Å²) in [4.78, 5) is 25.3. The maximum Gasteiger partial charge on any atom is 0.277 e. The van der Waals surface area contributed by atoms with E-state index in [-0.39, 0.29) is 17.8 Å². The van der Waals surface area contributed by atoms with Crippen LogP contribution >= 0.6 is 10.5 Å². The Morgan fingerprint density at radius 2 is 1.82 bits per heavy atom. The molecule has 1 saturated heterocycles. The summed E-state index contributed by atoms with van der Waals surface area (Å²) in [7, 11) is 1.30. The molecule has 2 unspecified atom stereocenters. The van der Waals surface area contributed by atoms with Crippen LogP contribution in [0.4, 0.5) is 13.2 Å². The first-order valence-electron chi connectivity index (χ1n) is 11.2. The molecule has 5 nitrogen and oxygen atoms in total. The van der Waals surface area contributed by atoms with Gasteiger partial charge in [0.15, 0.2) is 27.6 Å². The maximum absolute atomic E-state index is 13.7. The second-order valence-corrected chi connectivity index (χ2v) is 10.6. The summed E-state index contributed by atoms with van der Waals surface area (Å²) in [5.74, 6) is -1.59. The minimum Gasteiger partial charge on any atom is -0.334 e. The number of piperidine rings is 1. The van der Waals surface area contributed by atoms with Crippen LogP contribution in [-0.4, -0.2) is 37.9 Å². The van der Waals surface area contributed by atoms with Crippen LogP contribution in [0.3, 0.4) is 0 Å². The number of fused-ring (bicyclic) bond motifs is 1. The lowest BCUT2D eigenvalue weighted by molar-refractivity contribution is 0.0605. The van der Waals surface area contributed by atoms with E-state index in [9.17, 15) is 18.0 Å². The van der Waals surface area contributed by atoms with Gasteiger partial charge in [0.2, 0.25) is 5.01 Å². The lowest BCUT2D eigenvalue weighted by atomic mass is 9.98. The monoisotopic (exact) mass is 485 g/mol. The molecule has 1 aliphatic heterocycles. The number of likely N-dealkylation sites (tertiary alicyclic amines) is 1. The number of rotatable bonds is 4. The molecule has 0 aliphatic carbocycles. The van der Waals surface area contributed by atoms with Crippen molar-refractivity contribution in [3.8, 4) is 4.90 Å². The zero-order chi connectivity index (χ0) is 24.0. The Kier molecular flexibility index (Phi) is 5.89. The molecule has 5 rings (SSSR count). The molecule has 2 atom stereocenters. The van der Waals surface area contributed by atoms with E-state index in [1.165, 1.54) is 12.1 Å². The quantitative estimate of drug-likeness (QED) is 0.350. The van der Waals surface area contributed by atoms with Gasteiger partial charge < -0.3 is 9.47 Å². The fourth-order valence-corrected chi connectivity index (χ4v) is 6.27. The number of hydrogen-bond acceptors (Lipinski definition) is 3. The van der Waals surface area contributed by atoms with Gasteiger partial charge in [-0.15, -0.1) is 0 Å². The van der Waals surface area contributed by atoms with Crippen molar-refractivity contribution in [2.24, 2.45) is 7.05 Å². The highest BCUT2D eigenvalue weighted by molar-refractivity contribution is 7.38. The topological polar surface area (TPSA) is 51.0 Å². The number of thiazole rings is 1. The maximum atomic E-state index is 13.7. The van der Waals surface area contributed by atoms with E-state index in [1.54, 1.807) is 23.7 Å². The lowest BCUT2D eigenvalue weighted by Crippen LogP contribution is -2.45. The Morgan fingerprint density at radius 1 is 1.09 bits per heavy atom. The Morgan fingerprint density at radius 3 is 2.59 bits per heavy atom. The average molecular weight is 486 g/mol. The van der Waals surface area contributed by atoms with Crippen LogP contribution in [0.2, 0.25) is 0 Å². The number of hydrogen-bond donors (Lipinski definition) is 0. The van der Waals surface area contributed by atoms with Crippen LogP contribution in [0, 0.1) is 24.4 Å². The first kappa shape index (κ1) is 22.6. The van der Waals surface area contributed by atoms with E-state index in [1.807, 2.05) is 17.2 Å². The van der Waals surface area contributed by atoms with E-state index in [0.717, 1.165) is 41.3 Å². The minimum absolute atomic E-state index is 0.0870. The van der Waals surface area contributed by atoms with Crippen LogP contribution in [0.15, 0.2) is 41.8 Å². The van der Waals surface area contributed by atoms with E-state index in [0.29, 0.717) is 35.5 Å². The van der Waals surface area contributed by atoms with Crippen molar-refractivity contribution in [3.63, 3.8) is 0 Å². The highest BCUT2D eigenvalue weighted by atomic mass is 32.2. The van der Waals surface area contributed by atoms with Crippen LogP contribution in [0.1, 0.15) is 40.6 Å². The van der Waals surface area contributed by atoms with Crippen molar-refractivity contribution < 1.29 is 18.0 Å². The molecule has 2 aromatic heterocycles. The Hall–Kier alpha value is -3.20. The number of carbonyl (C=O) groups excluding carboxylic acids is 1. The molecule has 1 amide bonds. The number of halogens is 3. The summed E-state index contributed by atoms with van der Waals surface area (Å²) in [6.07, 6.45) is 3.20. The molecule has 34 heavy (non-hydrogen) atoms. The number of amides is 1. The Labute approximate surface area is 197 Å². The van der Waals surface area contributed by atoms with Crippen molar-refractivity contribution in [1.82, 2.24) is 19.4 Å². The van der Waals surface area contributed by atoms with Crippen molar-refractivity contribution in [1.29, 1.82) is 0 Å². The first-order valence-corrected chi connectivity index (χ1v) is 12.5. The highest BCUT2D eigenvalue weighted by Gasteiger charge is 2.32. The molecule has 176 valence electrons. The third-order valence-electron chi connectivity index (χ3n) is 6.43. The second-order valence-electron chi connectivity index (χ2n) is 8.62. The Bertz CT molecular complexity index is 1380. The summed E-state index contributed by atoms with van der Waals surface area (Å²) in [6.45, 7) is 2.50. The van der Waals surface area contributed by atoms with E-state index in [2.05, 4.69) is 9.97 Å². The number of benzene rings is 2. The molecule has 1 aliphatic rings. The Balaban J connectivity index is 1.42. The molecule has 0 bridgehead atoms. The van der Waals surface area contributed by atoms with E-state index >= 15 is 0 Å². The molecule has 0 saturated carbocycles. The fraction of sp³-hybridized carbons (Fsp3) is 0.320. The van der Waals surface area contributed by atoms with Crippen LogP contribution in [0.25, 0.3) is 15.9 Å². The molecular weight excluding hydrogens is 461 g/mol. The zero-order valence-corrected chi connectivity index (χ0v) is 19.7. The highest BCUT2D eigenvalue weighted by Crippen LogP contribution is 2.35. The van der Waals surface area contributed by atoms with Crippen molar-refractivity contribution in [2.45, 2.75) is 38.6 Å². The molecule has 0 N–H and O–H groups in total. The first-order chi connectivity index (χ1) is 16.3. The molecule has 4 aromatic rings. The fourth-order valence-electron chi connectivity index (χ4n) is 4.62. The SMILES string of the molecule is Cc1nc(C(=O)N2CCCCC2Cc2nc3cc(F)c(F)cc3n2C)c[s+]1-c1ccc(F)cc1. The van der Waals surface area contributed by atoms with Crippen LogP contribution < -0.4 is 0 Å². The van der Waals surface area contributed by atoms with Crippen molar-refractivity contribution in [2.75, 3.05) is 6.54 Å².